The Kier molecular flexibility index (Phi) is 3.34. The molecule has 0 bridgehead atoms. The molecule has 0 saturated heterocycles. The predicted molar refractivity (Wildman–Crippen MR) is 56.3 cm³/mol. The molecule has 0 heterocycles. The molecule has 0 aliphatic rings. The number of benzene rings is 1. The maximum absolute atomic E-state index is 9.41. The number of hydrogen-bond donors (Lipinski definition) is 1. The van der Waals surface area contributed by atoms with Crippen molar-refractivity contribution in [1.29, 1.82) is 0 Å². The number of aliphatic hydroxyl groups excluding tert-OH is 1. The Morgan fingerprint density at radius 1 is 1.31 bits per heavy atom. The molecule has 0 aliphatic carbocycles. The van der Waals surface area contributed by atoms with Gasteiger partial charge in [0, 0.05) is 10.9 Å². The van der Waals surface area contributed by atoms with Crippen LogP contribution in [0.5, 0.6) is 0 Å². The standard InChI is InChI=1S/C11H15ClO/c1-7-4-5-10(11(12)6-7)8(2)9(3)13/h4-6,8-9,13H,1-3H3. The number of aliphatic hydroxyl groups is 1. The largest absolute Gasteiger partial charge is 0.393 e. The van der Waals surface area contributed by atoms with Crippen LogP contribution in [0.2, 0.25) is 5.02 Å². The van der Waals surface area contributed by atoms with E-state index in [1.54, 1.807) is 6.92 Å². The summed E-state index contributed by atoms with van der Waals surface area (Å²) in [6.07, 6.45) is -0.361. The first-order chi connectivity index (χ1) is 6.02. The second-order valence-corrected chi connectivity index (χ2v) is 3.96. The van der Waals surface area contributed by atoms with Crippen molar-refractivity contribution in [3.8, 4) is 0 Å². The van der Waals surface area contributed by atoms with Crippen LogP contribution in [0, 0.1) is 6.92 Å². The van der Waals surface area contributed by atoms with Gasteiger partial charge in [0.1, 0.15) is 0 Å². The predicted octanol–water partition coefficient (Wildman–Crippen LogP) is 3.13. The van der Waals surface area contributed by atoms with Gasteiger partial charge in [-0.25, -0.2) is 0 Å². The first kappa shape index (κ1) is 10.6. The molecule has 1 aromatic carbocycles. The fourth-order valence-corrected chi connectivity index (χ4v) is 1.67. The monoisotopic (exact) mass is 198 g/mol. The SMILES string of the molecule is Cc1ccc(C(C)C(C)O)c(Cl)c1. The topological polar surface area (TPSA) is 20.2 Å². The molecular formula is C11H15ClO. The van der Waals surface area contributed by atoms with Crippen molar-refractivity contribution in [2.45, 2.75) is 32.8 Å². The fourth-order valence-electron chi connectivity index (χ4n) is 1.26. The zero-order valence-corrected chi connectivity index (χ0v) is 8.97. The minimum absolute atomic E-state index is 0.0908. The van der Waals surface area contributed by atoms with E-state index in [1.807, 2.05) is 32.0 Å². The average Bonchev–Trinajstić information content (AvgIpc) is 2.03. The molecule has 0 spiro atoms. The molecule has 1 N–H and O–H groups in total. The molecule has 1 aromatic rings. The van der Waals surface area contributed by atoms with Gasteiger partial charge in [-0.3, -0.25) is 0 Å². The molecule has 0 amide bonds. The highest BCUT2D eigenvalue weighted by Crippen LogP contribution is 2.27. The van der Waals surface area contributed by atoms with Gasteiger partial charge >= 0.3 is 0 Å². The van der Waals surface area contributed by atoms with Crippen LogP contribution >= 0.6 is 11.6 Å². The van der Waals surface area contributed by atoms with E-state index in [9.17, 15) is 5.11 Å². The van der Waals surface area contributed by atoms with Crippen molar-refractivity contribution in [1.82, 2.24) is 0 Å². The van der Waals surface area contributed by atoms with Crippen molar-refractivity contribution >= 4 is 11.6 Å². The van der Waals surface area contributed by atoms with Crippen molar-refractivity contribution in [2.75, 3.05) is 0 Å². The summed E-state index contributed by atoms with van der Waals surface area (Å²) < 4.78 is 0. The third-order valence-electron chi connectivity index (χ3n) is 2.37. The van der Waals surface area contributed by atoms with E-state index < -0.39 is 0 Å². The van der Waals surface area contributed by atoms with Crippen molar-refractivity contribution in [3.63, 3.8) is 0 Å². The molecular weight excluding hydrogens is 184 g/mol. The number of aryl methyl sites for hydroxylation is 1. The Balaban J connectivity index is 3.01. The third-order valence-corrected chi connectivity index (χ3v) is 2.70. The highest BCUT2D eigenvalue weighted by atomic mass is 35.5. The molecule has 0 fully saturated rings. The fraction of sp³-hybridized carbons (Fsp3) is 0.455. The van der Waals surface area contributed by atoms with Crippen molar-refractivity contribution in [2.24, 2.45) is 0 Å². The summed E-state index contributed by atoms with van der Waals surface area (Å²) in [4.78, 5) is 0. The molecule has 0 radical (unpaired) electrons. The van der Waals surface area contributed by atoms with E-state index in [0.29, 0.717) is 0 Å². The lowest BCUT2D eigenvalue weighted by atomic mass is 9.95. The molecule has 1 rings (SSSR count). The first-order valence-electron chi connectivity index (χ1n) is 4.46. The van der Waals surface area contributed by atoms with Gasteiger partial charge in [-0.1, -0.05) is 30.7 Å². The highest BCUT2D eigenvalue weighted by molar-refractivity contribution is 6.31. The van der Waals surface area contributed by atoms with Gasteiger partial charge in [-0.15, -0.1) is 0 Å². The van der Waals surface area contributed by atoms with Gasteiger partial charge in [0.15, 0.2) is 0 Å². The van der Waals surface area contributed by atoms with Crippen molar-refractivity contribution in [3.05, 3.63) is 34.3 Å². The maximum atomic E-state index is 9.41. The summed E-state index contributed by atoms with van der Waals surface area (Å²) in [5.74, 6) is 0.0908. The minimum atomic E-state index is -0.361. The Hall–Kier alpha value is -0.530. The Bertz CT molecular complexity index is 294. The molecule has 1 nitrogen and oxygen atoms in total. The quantitative estimate of drug-likeness (QED) is 0.774. The molecule has 2 heteroatoms. The molecule has 0 aromatic heterocycles. The van der Waals surface area contributed by atoms with E-state index >= 15 is 0 Å². The normalized spacial score (nSPS) is 15.5. The minimum Gasteiger partial charge on any atom is -0.393 e. The van der Waals surface area contributed by atoms with Crippen molar-refractivity contribution < 1.29 is 5.11 Å². The average molecular weight is 199 g/mol. The smallest absolute Gasteiger partial charge is 0.0578 e. The molecule has 13 heavy (non-hydrogen) atoms. The summed E-state index contributed by atoms with van der Waals surface area (Å²) in [5.41, 5.74) is 2.16. The molecule has 0 aliphatic heterocycles. The number of hydrogen-bond acceptors (Lipinski definition) is 1. The van der Waals surface area contributed by atoms with E-state index in [-0.39, 0.29) is 12.0 Å². The summed E-state index contributed by atoms with van der Waals surface area (Å²) in [6.45, 7) is 5.75. The van der Waals surface area contributed by atoms with Crippen LogP contribution in [-0.2, 0) is 0 Å². The lowest BCUT2D eigenvalue weighted by Gasteiger charge is -2.16. The van der Waals surface area contributed by atoms with Gasteiger partial charge in [0.2, 0.25) is 0 Å². The summed E-state index contributed by atoms with van der Waals surface area (Å²) in [7, 11) is 0. The summed E-state index contributed by atoms with van der Waals surface area (Å²) >= 11 is 6.06. The Morgan fingerprint density at radius 3 is 2.38 bits per heavy atom. The number of halogens is 1. The number of rotatable bonds is 2. The van der Waals surface area contributed by atoms with Gasteiger partial charge in [0.05, 0.1) is 6.10 Å². The maximum Gasteiger partial charge on any atom is 0.0578 e. The van der Waals surface area contributed by atoms with E-state index in [2.05, 4.69) is 0 Å². The second-order valence-electron chi connectivity index (χ2n) is 3.55. The summed E-state index contributed by atoms with van der Waals surface area (Å²) in [5, 5.41) is 10.2. The lowest BCUT2D eigenvalue weighted by molar-refractivity contribution is 0.169. The van der Waals surface area contributed by atoms with Crippen LogP contribution in [0.15, 0.2) is 18.2 Å². The molecule has 2 unspecified atom stereocenters. The molecule has 72 valence electrons. The summed E-state index contributed by atoms with van der Waals surface area (Å²) in [6, 6.07) is 5.92. The van der Waals surface area contributed by atoms with Gasteiger partial charge in [0.25, 0.3) is 0 Å². The van der Waals surface area contributed by atoms with Crippen LogP contribution in [0.1, 0.15) is 30.9 Å². The van der Waals surface area contributed by atoms with E-state index in [4.69, 9.17) is 11.6 Å². The van der Waals surface area contributed by atoms with E-state index in [1.165, 1.54) is 0 Å². The second kappa shape index (κ2) is 4.12. The molecule has 0 saturated carbocycles. The molecule has 2 atom stereocenters. The zero-order chi connectivity index (χ0) is 10.0. The first-order valence-corrected chi connectivity index (χ1v) is 4.84. The van der Waals surface area contributed by atoms with Gasteiger partial charge in [-0.05, 0) is 31.0 Å². The van der Waals surface area contributed by atoms with Gasteiger partial charge in [-0.2, -0.15) is 0 Å². The van der Waals surface area contributed by atoms with Crippen LogP contribution in [0.4, 0.5) is 0 Å². The van der Waals surface area contributed by atoms with Crippen LogP contribution in [0.25, 0.3) is 0 Å². The zero-order valence-electron chi connectivity index (χ0n) is 8.21. The van der Waals surface area contributed by atoms with Crippen LogP contribution in [0.3, 0.4) is 0 Å². The van der Waals surface area contributed by atoms with E-state index in [0.717, 1.165) is 16.1 Å². The third kappa shape index (κ3) is 2.45. The highest BCUT2D eigenvalue weighted by Gasteiger charge is 2.14. The van der Waals surface area contributed by atoms with Crippen LogP contribution < -0.4 is 0 Å². The Morgan fingerprint density at radius 2 is 1.92 bits per heavy atom. The lowest BCUT2D eigenvalue weighted by Crippen LogP contribution is -2.11. The Labute approximate surface area is 84.4 Å². The van der Waals surface area contributed by atoms with Gasteiger partial charge < -0.3 is 5.11 Å². The van der Waals surface area contributed by atoms with Crippen LogP contribution in [-0.4, -0.2) is 11.2 Å².